The molecule has 0 atom stereocenters. The molecule has 0 radical (unpaired) electrons. The van der Waals surface area contributed by atoms with E-state index in [1.54, 1.807) is 29.6 Å². The average molecular weight is 426 g/mol. The summed E-state index contributed by atoms with van der Waals surface area (Å²) in [5.74, 6) is -1.78. The predicted molar refractivity (Wildman–Crippen MR) is 115 cm³/mol. The van der Waals surface area contributed by atoms with Crippen molar-refractivity contribution in [2.45, 2.75) is 6.42 Å². The molecule has 2 aromatic carbocycles. The zero-order valence-corrected chi connectivity index (χ0v) is 16.6. The maximum absolute atomic E-state index is 13.8. The number of carbonyl (C=O) groups excluding carboxylic acids is 3. The number of rotatable bonds is 7. The topological polar surface area (TPSA) is 127 Å². The van der Waals surface area contributed by atoms with E-state index in [0.717, 1.165) is 0 Å². The van der Waals surface area contributed by atoms with Crippen molar-refractivity contribution in [2.24, 2.45) is 11.5 Å². The molecule has 0 unspecified atom stereocenters. The first-order chi connectivity index (χ1) is 14.4. The molecule has 7 nitrogen and oxygen atoms in total. The minimum atomic E-state index is -0.628. The highest BCUT2D eigenvalue weighted by Crippen LogP contribution is 2.30. The highest BCUT2D eigenvalue weighted by atomic mass is 32.1. The SMILES string of the molecule is NCCC(=O)Nc1ccc(F)cc1-c1ccc(C(=O)Nc2sccc2C(N)=O)cc1. The fraction of sp³-hybridized carbons (Fsp3) is 0.0952. The van der Waals surface area contributed by atoms with E-state index in [1.165, 1.54) is 35.6 Å². The number of nitrogens with two attached hydrogens (primary N) is 2. The van der Waals surface area contributed by atoms with Crippen LogP contribution in [0.1, 0.15) is 27.1 Å². The fourth-order valence-corrected chi connectivity index (χ4v) is 3.57. The quantitative estimate of drug-likeness (QED) is 0.463. The number of hydrogen-bond donors (Lipinski definition) is 4. The average Bonchev–Trinajstić information content (AvgIpc) is 3.18. The van der Waals surface area contributed by atoms with Gasteiger partial charge >= 0.3 is 0 Å². The van der Waals surface area contributed by atoms with E-state index in [4.69, 9.17) is 11.5 Å². The second-order valence-electron chi connectivity index (χ2n) is 6.34. The Balaban J connectivity index is 1.82. The van der Waals surface area contributed by atoms with Crippen LogP contribution in [0.25, 0.3) is 11.1 Å². The third kappa shape index (κ3) is 4.88. The molecule has 0 aliphatic heterocycles. The fourth-order valence-electron chi connectivity index (χ4n) is 2.78. The van der Waals surface area contributed by atoms with Gasteiger partial charge in [-0.1, -0.05) is 12.1 Å². The van der Waals surface area contributed by atoms with Crippen molar-refractivity contribution in [3.8, 4) is 11.1 Å². The third-order valence-corrected chi connectivity index (χ3v) is 5.07. The second kappa shape index (κ2) is 9.29. The molecule has 0 fully saturated rings. The smallest absolute Gasteiger partial charge is 0.256 e. The zero-order valence-electron chi connectivity index (χ0n) is 15.8. The summed E-state index contributed by atoms with van der Waals surface area (Å²) < 4.78 is 13.8. The molecule has 0 saturated carbocycles. The van der Waals surface area contributed by atoms with Gasteiger partial charge in [-0.15, -0.1) is 11.3 Å². The van der Waals surface area contributed by atoms with Crippen molar-refractivity contribution in [1.29, 1.82) is 0 Å². The number of anilines is 2. The van der Waals surface area contributed by atoms with Crippen LogP contribution in [0.4, 0.5) is 15.1 Å². The van der Waals surface area contributed by atoms with Gasteiger partial charge in [0.2, 0.25) is 5.91 Å². The molecule has 0 bridgehead atoms. The van der Waals surface area contributed by atoms with Crippen LogP contribution < -0.4 is 22.1 Å². The zero-order chi connectivity index (χ0) is 21.7. The van der Waals surface area contributed by atoms with Gasteiger partial charge in [-0.2, -0.15) is 0 Å². The number of carbonyl (C=O) groups is 3. The lowest BCUT2D eigenvalue weighted by Crippen LogP contribution is -2.17. The highest BCUT2D eigenvalue weighted by Gasteiger charge is 2.15. The molecule has 1 aromatic heterocycles. The van der Waals surface area contributed by atoms with Crippen LogP contribution >= 0.6 is 11.3 Å². The van der Waals surface area contributed by atoms with Gasteiger partial charge < -0.3 is 22.1 Å². The largest absolute Gasteiger partial charge is 0.366 e. The van der Waals surface area contributed by atoms with Gasteiger partial charge in [0.1, 0.15) is 10.8 Å². The highest BCUT2D eigenvalue weighted by molar-refractivity contribution is 7.14. The second-order valence-corrected chi connectivity index (χ2v) is 7.25. The van der Waals surface area contributed by atoms with Crippen molar-refractivity contribution in [3.05, 3.63) is 70.9 Å². The van der Waals surface area contributed by atoms with Crippen LogP contribution in [0.15, 0.2) is 53.9 Å². The Kier molecular flexibility index (Phi) is 6.55. The van der Waals surface area contributed by atoms with Crippen LogP contribution in [0.2, 0.25) is 0 Å². The molecule has 0 aliphatic rings. The Bertz CT molecular complexity index is 1100. The first kappa shape index (κ1) is 21.2. The Morgan fingerprint density at radius 3 is 2.40 bits per heavy atom. The summed E-state index contributed by atoms with van der Waals surface area (Å²) in [7, 11) is 0. The Labute approximate surface area is 175 Å². The van der Waals surface area contributed by atoms with Crippen molar-refractivity contribution in [1.82, 2.24) is 0 Å². The lowest BCUT2D eigenvalue weighted by atomic mass is 10.0. The summed E-state index contributed by atoms with van der Waals surface area (Å²) in [6.07, 6.45) is 0.145. The van der Waals surface area contributed by atoms with Gasteiger partial charge in [-0.05, 0) is 47.3 Å². The van der Waals surface area contributed by atoms with E-state index in [1.807, 2.05) is 0 Å². The van der Waals surface area contributed by atoms with Gasteiger partial charge in [0.15, 0.2) is 0 Å². The third-order valence-electron chi connectivity index (χ3n) is 4.24. The monoisotopic (exact) mass is 426 g/mol. The summed E-state index contributed by atoms with van der Waals surface area (Å²) in [6.45, 7) is 0.202. The van der Waals surface area contributed by atoms with E-state index in [9.17, 15) is 18.8 Å². The minimum Gasteiger partial charge on any atom is -0.366 e. The molecule has 1 heterocycles. The lowest BCUT2D eigenvalue weighted by Gasteiger charge is -2.12. The molecule has 3 aromatic rings. The van der Waals surface area contributed by atoms with Crippen LogP contribution in [0, 0.1) is 5.82 Å². The number of hydrogen-bond acceptors (Lipinski definition) is 5. The molecular formula is C21H19FN4O3S. The van der Waals surface area contributed by atoms with E-state index in [-0.39, 0.29) is 24.4 Å². The lowest BCUT2D eigenvalue weighted by molar-refractivity contribution is -0.116. The van der Waals surface area contributed by atoms with Gasteiger partial charge in [-0.3, -0.25) is 14.4 Å². The van der Waals surface area contributed by atoms with E-state index in [0.29, 0.717) is 27.4 Å². The Morgan fingerprint density at radius 2 is 1.73 bits per heavy atom. The molecule has 3 rings (SSSR count). The minimum absolute atomic E-state index is 0.145. The summed E-state index contributed by atoms with van der Waals surface area (Å²) in [4.78, 5) is 35.8. The molecule has 9 heteroatoms. The summed E-state index contributed by atoms with van der Waals surface area (Å²) >= 11 is 1.19. The van der Waals surface area contributed by atoms with Crippen molar-refractivity contribution in [3.63, 3.8) is 0 Å². The van der Waals surface area contributed by atoms with E-state index in [2.05, 4.69) is 10.6 Å². The summed E-state index contributed by atoms with van der Waals surface area (Å²) in [5.41, 5.74) is 12.8. The summed E-state index contributed by atoms with van der Waals surface area (Å²) in [6, 6.07) is 12.0. The van der Waals surface area contributed by atoms with Crippen molar-refractivity contribution < 1.29 is 18.8 Å². The molecule has 154 valence electrons. The normalized spacial score (nSPS) is 10.5. The van der Waals surface area contributed by atoms with Gasteiger partial charge in [-0.25, -0.2) is 4.39 Å². The first-order valence-corrected chi connectivity index (χ1v) is 9.85. The number of benzene rings is 2. The Hall–Kier alpha value is -3.56. The number of amides is 3. The van der Waals surface area contributed by atoms with Gasteiger partial charge in [0.05, 0.1) is 5.56 Å². The number of thiophene rings is 1. The van der Waals surface area contributed by atoms with E-state index < -0.39 is 17.6 Å². The standard InChI is InChI=1S/C21H19FN4O3S/c22-14-5-6-17(25-18(27)7-9-23)16(11-14)12-1-3-13(4-2-12)20(29)26-21-15(19(24)28)8-10-30-21/h1-6,8,10-11H,7,9,23H2,(H2,24,28)(H,25,27)(H,26,29). The molecule has 0 aliphatic carbocycles. The van der Waals surface area contributed by atoms with Gasteiger partial charge in [0, 0.05) is 29.8 Å². The molecule has 3 amide bonds. The van der Waals surface area contributed by atoms with Crippen LogP contribution in [-0.4, -0.2) is 24.3 Å². The molecule has 30 heavy (non-hydrogen) atoms. The number of nitrogens with one attached hydrogen (secondary N) is 2. The number of halogens is 1. The molecular weight excluding hydrogens is 407 g/mol. The molecule has 0 spiro atoms. The summed E-state index contributed by atoms with van der Waals surface area (Å²) in [5, 5.41) is 7.39. The molecule has 0 saturated heterocycles. The van der Waals surface area contributed by atoms with Crippen molar-refractivity contribution in [2.75, 3.05) is 17.2 Å². The molecule has 6 N–H and O–H groups in total. The first-order valence-electron chi connectivity index (χ1n) is 8.97. The Morgan fingerprint density at radius 1 is 1.00 bits per heavy atom. The van der Waals surface area contributed by atoms with Crippen molar-refractivity contribution >= 4 is 39.7 Å². The van der Waals surface area contributed by atoms with Crippen LogP contribution in [0.3, 0.4) is 0 Å². The predicted octanol–water partition coefficient (Wildman–Crippen LogP) is 3.19. The maximum atomic E-state index is 13.8. The number of primary amides is 1. The van der Waals surface area contributed by atoms with Crippen LogP contribution in [0.5, 0.6) is 0 Å². The van der Waals surface area contributed by atoms with Gasteiger partial charge in [0.25, 0.3) is 11.8 Å². The van der Waals surface area contributed by atoms with E-state index >= 15 is 0 Å². The maximum Gasteiger partial charge on any atom is 0.256 e. The van der Waals surface area contributed by atoms with Crippen LogP contribution in [-0.2, 0) is 4.79 Å².